The van der Waals surface area contributed by atoms with Crippen LogP contribution in [0, 0.1) is 0 Å². The lowest BCUT2D eigenvalue weighted by Crippen LogP contribution is -2.34. The summed E-state index contributed by atoms with van der Waals surface area (Å²) < 4.78 is 5.94. The highest BCUT2D eigenvalue weighted by Crippen LogP contribution is 2.48. The summed E-state index contributed by atoms with van der Waals surface area (Å²) in [7, 11) is 0. The Hall–Kier alpha value is -1.28. The van der Waals surface area contributed by atoms with Gasteiger partial charge >= 0.3 is 0 Å². The van der Waals surface area contributed by atoms with Gasteiger partial charge in [-0.05, 0) is 59.4 Å². The lowest BCUT2D eigenvalue weighted by atomic mass is 9.63. The predicted octanol–water partition coefficient (Wildman–Crippen LogP) is 5.60. The molecule has 1 aliphatic rings. The molecule has 2 nitrogen and oxygen atoms in total. The Kier molecular flexibility index (Phi) is 5.25. The summed E-state index contributed by atoms with van der Waals surface area (Å²) in [5.41, 5.74) is 3.68. The predicted molar refractivity (Wildman–Crippen MR) is 97.4 cm³/mol. The molecule has 0 bridgehead atoms. The van der Waals surface area contributed by atoms with Gasteiger partial charge in [-0.1, -0.05) is 46.2 Å². The minimum absolute atomic E-state index is 0.0984. The molecule has 0 amide bonds. The average molecular weight is 335 g/mol. The van der Waals surface area contributed by atoms with Gasteiger partial charge < -0.3 is 4.74 Å². The molecule has 0 aromatic heterocycles. The van der Waals surface area contributed by atoms with Crippen molar-refractivity contribution < 1.29 is 9.53 Å². The fraction of sp³-hybridized carbons (Fsp3) is 0.550. The number of halogens is 1. The van der Waals surface area contributed by atoms with Gasteiger partial charge in [0.05, 0.1) is 11.6 Å². The van der Waals surface area contributed by atoms with Crippen molar-refractivity contribution >= 4 is 22.9 Å². The zero-order chi connectivity index (χ0) is 17.3. The van der Waals surface area contributed by atoms with Crippen LogP contribution >= 0.6 is 11.6 Å². The fourth-order valence-electron chi connectivity index (χ4n) is 3.26. The minimum Gasteiger partial charge on any atom is -0.493 e. The van der Waals surface area contributed by atoms with Crippen LogP contribution in [0.15, 0.2) is 18.2 Å². The first-order valence-corrected chi connectivity index (χ1v) is 8.74. The third-order valence-corrected chi connectivity index (χ3v) is 5.22. The Bertz CT molecular complexity index is 627. The molecule has 1 aromatic carbocycles. The maximum Gasteiger partial charge on any atom is 0.144 e. The van der Waals surface area contributed by atoms with E-state index in [2.05, 4.69) is 46.8 Å². The quantitative estimate of drug-likeness (QED) is 0.517. The molecule has 0 unspecified atom stereocenters. The van der Waals surface area contributed by atoms with Crippen molar-refractivity contribution in [1.29, 1.82) is 0 Å². The summed E-state index contributed by atoms with van der Waals surface area (Å²) >= 11 is 6.35. The van der Waals surface area contributed by atoms with E-state index in [0.717, 1.165) is 36.9 Å². The van der Waals surface area contributed by atoms with Crippen LogP contribution < -0.4 is 4.74 Å². The van der Waals surface area contributed by atoms with E-state index in [9.17, 15) is 4.79 Å². The number of hydrogen-bond acceptors (Lipinski definition) is 2. The SMILES string of the molecule is CCCOc1cc2c(cc1/C(Cl)=C\C=O)C(C)(C)CCC2(C)C. The first-order valence-electron chi connectivity index (χ1n) is 8.36. The first-order chi connectivity index (χ1) is 10.7. The van der Waals surface area contributed by atoms with Crippen LogP contribution in [-0.2, 0) is 15.6 Å². The fourth-order valence-corrected chi connectivity index (χ4v) is 3.46. The molecule has 3 heteroatoms. The number of ether oxygens (including phenoxy) is 1. The smallest absolute Gasteiger partial charge is 0.144 e. The van der Waals surface area contributed by atoms with Gasteiger partial charge in [0, 0.05) is 5.56 Å². The molecule has 0 aliphatic heterocycles. The zero-order valence-electron chi connectivity index (χ0n) is 14.8. The van der Waals surface area contributed by atoms with E-state index in [1.165, 1.54) is 17.2 Å². The van der Waals surface area contributed by atoms with Crippen molar-refractivity contribution in [2.24, 2.45) is 0 Å². The molecule has 2 rings (SSSR count). The summed E-state index contributed by atoms with van der Waals surface area (Å²) in [6, 6.07) is 4.27. The monoisotopic (exact) mass is 334 g/mol. The van der Waals surface area contributed by atoms with Gasteiger partial charge in [0.25, 0.3) is 0 Å². The van der Waals surface area contributed by atoms with Crippen LogP contribution in [0.2, 0.25) is 0 Å². The van der Waals surface area contributed by atoms with E-state index in [1.54, 1.807) is 0 Å². The average Bonchev–Trinajstić information content (AvgIpc) is 2.49. The van der Waals surface area contributed by atoms with E-state index < -0.39 is 0 Å². The Morgan fingerprint density at radius 2 is 1.74 bits per heavy atom. The molecule has 126 valence electrons. The minimum atomic E-state index is 0.0984. The lowest BCUT2D eigenvalue weighted by Gasteiger charge is -2.42. The zero-order valence-corrected chi connectivity index (χ0v) is 15.6. The molecule has 0 fully saturated rings. The van der Waals surface area contributed by atoms with Gasteiger partial charge in [-0.25, -0.2) is 0 Å². The standard InChI is InChI=1S/C20H27ClO2/c1-6-11-23-18-13-16-15(12-14(18)17(21)7-10-22)19(2,3)8-9-20(16,4)5/h7,10,12-13H,6,8-9,11H2,1-5H3/b17-7+. The second-order valence-electron chi connectivity index (χ2n) is 7.66. The summed E-state index contributed by atoms with van der Waals surface area (Å²) in [5.74, 6) is 0.777. The van der Waals surface area contributed by atoms with E-state index in [0.29, 0.717) is 11.6 Å². The van der Waals surface area contributed by atoms with Crippen LogP contribution in [0.3, 0.4) is 0 Å². The van der Waals surface area contributed by atoms with Crippen molar-refractivity contribution in [1.82, 2.24) is 0 Å². The third kappa shape index (κ3) is 3.63. The number of rotatable bonds is 5. The number of carbonyl (C=O) groups is 1. The number of allylic oxidation sites excluding steroid dienone is 1. The number of aldehydes is 1. The molecule has 0 spiro atoms. The van der Waals surface area contributed by atoms with Gasteiger partial charge in [-0.2, -0.15) is 0 Å². The Morgan fingerprint density at radius 1 is 1.17 bits per heavy atom. The highest BCUT2D eigenvalue weighted by atomic mass is 35.5. The van der Waals surface area contributed by atoms with Gasteiger partial charge in [0.15, 0.2) is 0 Å². The van der Waals surface area contributed by atoms with E-state index in [4.69, 9.17) is 16.3 Å². The van der Waals surface area contributed by atoms with Crippen LogP contribution in [0.25, 0.3) is 5.03 Å². The van der Waals surface area contributed by atoms with Crippen molar-refractivity contribution in [2.75, 3.05) is 6.61 Å². The summed E-state index contributed by atoms with van der Waals surface area (Å²) in [5, 5.41) is 0.438. The molecule has 1 aromatic rings. The third-order valence-electron chi connectivity index (χ3n) is 4.89. The van der Waals surface area contributed by atoms with Crippen LogP contribution in [0.5, 0.6) is 5.75 Å². The van der Waals surface area contributed by atoms with E-state index >= 15 is 0 Å². The van der Waals surface area contributed by atoms with Crippen molar-refractivity contribution in [3.63, 3.8) is 0 Å². The lowest BCUT2D eigenvalue weighted by molar-refractivity contribution is -0.104. The molecule has 23 heavy (non-hydrogen) atoms. The second kappa shape index (κ2) is 6.68. The number of carbonyl (C=O) groups excluding carboxylic acids is 1. The van der Waals surface area contributed by atoms with Crippen molar-refractivity contribution in [3.8, 4) is 5.75 Å². The number of benzene rings is 1. The van der Waals surface area contributed by atoms with E-state index in [1.807, 2.05) is 0 Å². The van der Waals surface area contributed by atoms with Crippen LogP contribution in [-0.4, -0.2) is 12.9 Å². The summed E-state index contributed by atoms with van der Waals surface area (Å²) in [4.78, 5) is 10.8. The maximum atomic E-state index is 10.8. The van der Waals surface area contributed by atoms with Crippen LogP contribution in [0.4, 0.5) is 0 Å². The number of fused-ring (bicyclic) bond motifs is 1. The van der Waals surface area contributed by atoms with Crippen molar-refractivity contribution in [2.45, 2.75) is 64.7 Å². The second-order valence-corrected chi connectivity index (χ2v) is 8.07. The topological polar surface area (TPSA) is 26.3 Å². The molecular weight excluding hydrogens is 308 g/mol. The Morgan fingerprint density at radius 3 is 2.26 bits per heavy atom. The van der Waals surface area contributed by atoms with Gasteiger partial charge in [-0.3, -0.25) is 4.79 Å². The van der Waals surface area contributed by atoms with Crippen LogP contribution in [0.1, 0.15) is 70.6 Å². The largest absolute Gasteiger partial charge is 0.493 e. The van der Waals surface area contributed by atoms with E-state index in [-0.39, 0.29) is 10.8 Å². The molecule has 1 aliphatic carbocycles. The van der Waals surface area contributed by atoms with Gasteiger partial charge in [0.2, 0.25) is 0 Å². The highest BCUT2D eigenvalue weighted by molar-refractivity contribution is 6.50. The molecule has 0 radical (unpaired) electrons. The normalized spacial score (nSPS) is 19.1. The molecule has 0 atom stereocenters. The summed E-state index contributed by atoms with van der Waals surface area (Å²) in [6.45, 7) is 11.8. The molecule has 0 saturated carbocycles. The van der Waals surface area contributed by atoms with Gasteiger partial charge in [-0.15, -0.1) is 0 Å². The number of hydrogen-bond donors (Lipinski definition) is 0. The molecular formula is C20H27ClO2. The summed E-state index contributed by atoms with van der Waals surface area (Å²) in [6.07, 6.45) is 5.33. The van der Waals surface area contributed by atoms with Gasteiger partial charge in [0.1, 0.15) is 12.0 Å². The maximum absolute atomic E-state index is 10.8. The Balaban J connectivity index is 2.67. The first kappa shape index (κ1) is 18.1. The molecule has 0 saturated heterocycles. The van der Waals surface area contributed by atoms with Crippen molar-refractivity contribution in [3.05, 3.63) is 34.9 Å². The highest BCUT2D eigenvalue weighted by Gasteiger charge is 2.38. The molecule has 0 heterocycles. The molecule has 0 N–H and O–H groups in total. The Labute approximate surface area is 144 Å².